The van der Waals surface area contributed by atoms with Gasteiger partial charge in [0.15, 0.2) is 0 Å². The van der Waals surface area contributed by atoms with E-state index in [1.54, 1.807) is 20.8 Å². The Morgan fingerprint density at radius 2 is 2.00 bits per heavy atom. The second kappa shape index (κ2) is 7.50. The molecule has 0 aromatic rings. The molecule has 0 spiro atoms. The molecule has 0 aliphatic rings. The van der Waals surface area contributed by atoms with Crippen LogP contribution in [0.1, 0.15) is 33.6 Å². The number of carbonyl (C=O) groups excluding carboxylic acids is 2. The molecule has 0 radical (unpaired) electrons. The molecule has 0 aliphatic carbocycles. The van der Waals surface area contributed by atoms with Crippen molar-refractivity contribution in [3.63, 3.8) is 0 Å². The number of carbonyl (C=O) groups is 2. The summed E-state index contributed by atoms with van der Waals surface area (Å²) in [4.78, 5) is 22.3. The summed E-state index contributed by atoms with van der Waals surface area (Å²) in [6.07, 6.45) is 1.08. The zero-order valence-electron chi connectivity index (χ0n) is 10.6. The maximum absolute atomic E-state index is 11.5. The first-order valence-corrected chi connectivity index (χ1v) is 6.11. The van der Waals surface area contributed by atoms with Gasteiger partial charge < -0.3 is 15.8 Å². The molecular weight excluding hydrogens is 244 g/mol. The Morgan fingerprint density at radius 3 is 2.47 bits per heavy atom. The molecule has 1 atom stereocenters. The fraction of sp³-hybridized carbons (Fsp3) is 0.818. The van der Waals surface area contributed by atoms with E-state index in [9.17, 15) is 9.59 Å². The highest BCUT2D eigenvalue weighted by atomic mass is 35.5. The minimum Gasteiger partial charge on any atom is -0.459 e. The van der Waals surface area contributed by atoms with Gasteiger partial charge in [0.1, 0.15) is 17.5 Å². The lowest BCUT2D eigenvalue weighted by Gasteiger charge is -2.22. The molecule has 0 heterocycles. The van der Waals surface area contributed by atoms with Crippen molar-refractivity contribution in [2.75, 3.05) is 12.4 Å². The normalized spacial score (nSPS) is 13.0. The number of nitrogens with one attached hydrogen (secondary N) is 1. The number of amides is 1. The Morgan fingerprint density at radius 1 is 1.41 bits per heavy atom. The lowest BCUT2D eigenvalue weighted by molar-refractivity contribution is -0.156. The minimum absolute atomic E-state index is 0.0574. The molecule has 1 amide bonds. The predicted molar refractivity (Wildman–Crippen MR) is 66.8 cm³/mol. The van der Waals surface area contributed by atoms with Crippen molar-refractivity contribution >= 4 is 23.5 Å². The summed E-state index contributed by atoms with van der Waals surface area (Å²) in [7, 11) is 0. The highest BCUT2D eigenvalue weighted by molar-refractivity contribution is 6.27. The van der Waals surface area contributed by atoms with Crippen LogP contribution < -0.4 is 11.1 Å². The van der Waals surface area contributed by atoms with Crippen LogP contribution in [0.3, 0.4) is 0 Å². The largest absolute Gasteiger partial charge is 0.459 e. The molecule has 6 heteroatoms. The van der Waals surface area contributed by atoms with Gasteiger partial charge >= 0.3 is 5.97 Å². The van der Waals surface area contributed by atoms with E-state index in [1.165, 1.54) is 0 Å². The van der Waals surface area contributed by atoms with E-state index in [0.717, 1.165) is 0 Å². The van der Waals surface area contributed by atoms with Gasteiger partial charge in [-0.2, -0.15) is 0 Å². The Kier molecular flexibility index (Phi) is 7.15. The van der Waals surface area contributed by atoms with E-state index in [4.69, 9.17) is 22.1 Å². The van der Waals surface area contributed by atoms with E-state index in [-0.39, 0.29) is 11.8 Å². The van der Waals surface area contributed by atoms with Gasteiger partial charge in [0.05, 0.1) is 0 Å². The summed E-state index contributed by atoms with van der Waals surface area (Å²) >= 11 is 5.31. The van der Waals surface area contributed by atoms with Crippen molar-refractivity contribution in [1.82, 2.24) is 5.32 Å². The first-order valence-electron chi connectivity index (χ1n) is 5.57. The quantitative estimate of drug-likeness (QED) is 0.422. The smallest absolute Gasteiger partial charge is 0.323 e. The molecule has 0 rings (SSSR count). The van der Waals surface area contributed by atoms with Crippen molar-refractivity contribution in [1.29, 1.82) is 0 Å². The monoisotopic (exact) mass is 264 g/mol. The molecule has 0 aromatic carbocycles. The Bertz CT molecular complexity index is 264. The van der Waals surface area contributed by atoms with Crippen molar-refractivity contribution in [3.8, 4) is 0 Å². The molecule has 0 fully saturated rings. The number of rotatable bonds is 6. The van der Waals surface area contributed by atoms with Crippen molar-refractivity contribution < 1.29 is 14.3 Å². The van der Waals surface area contributed by atoms with E-state index >= 15 is 0 Å². The summed E-state index contributed by atoms with van der Waals surface area (Å²) in [6.45, 7) is 5.83. The number of halogens is 1. The van der Waals surface area contributed by atoms with Crippen LogP contribution in [-0.4, -0.2) is 35.9 Å². The lowest BCUT2D eigenvalue weighted by atomic mass is 10.1. The molecule has 0 saturated carbocycles. The third kappa shape index (κ3) is 8.94. The summed E-state index contributed by atoms with van der Waals surface area (Å²) in [6, 6.07) is -0.651. The third-order valence-electron chi connectivity index (χ3n) is 1.84. The zero-order chi connectivity index (χ0) is 13.5. The fourth-order valence-corrected chi connectivity index (χ4v) is 1.19. The predicted octanol–water partition coefficient (Wildman–Crippen LogP) is 0.791. The highest BCUT2D eigenvalue weighted by Crippen LogP contribution is 2.09. The Hall–Kier alpha value is -0.810. The number of esters is 1. The maximum Gasteiger partial charge on any atom is 0.323 e. The van der Waals surface area contributed by atoms with Gasteiger partial charge in [-0.1, -0.05) is 0 Å². The van der Waals surface area contributed by atoms with Crippen LogP contribution >= 0.6 is 11.6 Å². The van der Waals surface area contributed by atoms with Crippen LogP contribution in [0.15, 0.2) is 0 Å². The zero-order valence-corrected chi connectivity index (χ0v) is 11.3. The van der Waals surface area contributed by atoms with Crippen molar-refractivity contribution in [3.05, 3.63) is 0 Å². The summed E-state index contributed by atoms with van der Waals surface area (Å²) in [5.41, 5.74) is 5.13. The standard InChI is InChI=1S/C11H21ClN2O3/c1-11(2,3)17-10(16)8(13)5-4-6-14-9(15)7-12/h8H,4-7,13H2,1-3H3,(H,14,15). The fourth-order valence-electron chi connectivity index (χ4n) is 1.09. The van der Waals surface area contributed by atoms with Crippen LogP contribution in [0.25, 0.3) is 0 Å². The first-order chi connectivity index (χ1) is 7.76. The number of hydrogen-bond acceptors (Lipinski definition) is 4. The number of hydrogen-bond donors (Lipinski definition) is 2. The van der Waals surface area contributed by atoms with Crippen LogP contribution in [0.2, 0.25) is 0 Å². The molecule has 0 aromatic heterocycles. The van der Waals surface area contributed by atoms with Crippen LogP contribution in [0.5, 0.6) is 0 Å². The summed E-state index contributed by atoms with van der Waals surface area (Å²) in [5.74, 6) is -0.698. The Balaban J connectivity index is 3.75. The number of ether oxygens (including phenoxy) is 1. The van der Waals surface area contributed by atoms with Gasteiger partial charge in [-0.15, -0.1) is 11.6 Å². The van der Waals surface area contributed by atoms with Gasteiger partial charge in [-0.3, -0.25) is 9.59 Å². The van der Waals surface area contributed by atoms with Gasteiger partial charge in [-0.25, -0.2) is 0 Å². The van der Waals surface area contributed by atoms with Crippen LogP contribution in [0, 0.1) is 0 Å². The molecule has 3 N–H and O–H groups in total. The molecule has 0 aliphatic heterocycles. The summed E-state index contributed by atoms with van der Waals surface area (Å²) < 4.78 is 5.13. The van der Waals surface area contributed by atoms with Gasteiger partial charge in [-0.05, 0) is 33.6 Å². The SMILES string of the molecule is CC(C)(C)OC(=O)C(N)CCCNC(=O)CCl. The van der Waals surface area contributed by atoms with E-state index < -0.39 is 17.6 Å². The average Bonchev–Trinajstić information content (AvgIpc) is 2.21. The van der Waals surface area contributed by atoms with Crippen molar-refractivity contribution in [2.24, 2.45) is 5.73 Å². The van der Waals surface area contributed by atoms with Gasteiger partial charge in [0.25, 0.3) is 0 Å². The van der Waals surface area contributed by atoms with Crippen molar-refractivity contribution in [2.45, 2.75) is 45.3 Å². The molecule has 1 unspecified atom stereocenters. The van der Waals surface area contributed by atoms with Crippen LogP contribution in [0.4, 0.5) is 0 Å². The molecule has 0 bridgehead atoms. The summed E-state index contributed by atoms with van der Waals surface area (Å²) in [5, 5.41) is 2.60. The first kappa shape index (κ1) is 16.2. The number of nitrogens with two attached hydrogens (primary N) is 1. The number of alkyl halides is 1. The molecule has 0 saturated heterocycles. The van der Waals surface area contributed by atoms with E-state index in [1.807, 2.05) is 0 Å². The van der Waals surface area contributed by atoms with Crippen LogP contribution in [-0.2, 0) is 14.3 Å². The molecule has 100 valence electrons. The minimum atomic E-state index is -0.651. The average molecular weight is 265 g/mol. The lowest BCUT2D eigenvalue weighted by Crippen LogP contribution is -2.38. The van der Waals surface area contributed by atoms with E-state index in [0.29, 0.717) is 19.4 Å². The Labute approximate surface area is 107 Å². The van der Waals surface area contributed by atoms with Gasteiger partial charge in [0.2, 0.25) is 5.91 Å². The third-order valence-corrected chi connectivity index (χ3v) is 2.09. The molecule has 17 heavy (non-hydrogen) atoms. The second-order valence-electron chi connectivity index (χ2n) is 4.77. The van der Waals surface area contributed by atoms with Gasteiger partial charge in [0, 0.05) is 6.54 Å². The second-order valence-corrected chi connectivity index (χ2v) is 5.03. The van der Waals surface area contributed by atoms with E-state index in [2.05, 4.69) is 5.32 Å². The topological polar surface area (TPSA) is 81.4 Å². The highest BCUT2D eigenvalue weighted by Gasteiger charge is 2.21. The molecule has 5 nitrogen and oxygen atoms in total. The maximum atomic E-state index is 11.5. The molecular formula is C11H21ClN2O3.